The first-order valence-corrected chi connectivity index (χ1v) is 8.29. The highest BCUT2D eigenvalue weighted by Crippen LogP contribution is 2.25. The van der Waals surface area contributed by atoms with Crippen LogP contribution in [0.3, 0.4) is 0 Å². The monoisotopic (exact) mass is 359 g/mol. The van der Waals surface area contributed by atoms with Crippen LogP contribution in [0, 0.1) is 6.92 Å². The Morgan fingerprint density at radius 3 is 2.72 bits per heavy atom. The predicted molar refractivity (Wildman–Crippen MR) is 95.0 cm³/mol. The van der Waals surface area contributed by atoms with E-state index < -0.39 is 0 Å². The van der Waals surface area contributed by atoms with Crippen LogP contribution in [0.2, 0.25) is 5.02 Å². The molecular weight excluding hydrogens is 342 g/mol. The van der Waals surface area contributed by atoms with Crippen molar-refractivity contribution >= 4 is 35.4 Å². The SMILES string of the molecule is Cc1c(Cl)cccc1Nc1cc(C(=O)N2CCN(C=O)CC2)ncn1. The number of aromatic nitrogens is 2. The molecular formula is C17H18ClN5O2. The molecule has 1 aliphatic heterocycles. The molecule has 0 bridgehead atoms. The third kappa shape index (κ3) is 3.88. The van der Waals surface area contributed by atoms with Gasteiger partial charge in [0, 0.05) is 43.0 Å². The summed E-state index contributed by atoms with van der Waals surface area (Å²) in [4.78, 5) is 35.0. The molecule has 1 fully saturated rings. The summed E-state index contributed by atoms with van der Waals surface area (Å²) in [5.74, 6) is 0.356. The summed E-state index contributed by atoms with van der Waals surface area (Å²) in [5.41, 5.74) is 2.04. The maximum absolute atomic E-state index is 12.6. The number of nitrogens with one attached hydrogen (secondary N) is 1. The fourth-order valence-corrected chi connectivity index (χ4v) is 2.79. The van der Waals surface area contributed by atoms with Crippen molar-refractivity contribution in [2.75, 3.05) is 31.5 Å². The lowest BCUT2D eigenvalue weighted by atomic mass is 10.2. The van der Waals surface area contributed by atoms with Crippen molar-refractivity contribution < 1.29 is 9.59 Å². The lowest BCUT2D eigenvalue weighted by Crippen LogP contribution is -2.48. The summed E-state index contributed by atoms with van der Waals surface area (Å²) in [6.07, 6.45) is 2.17. The molecule has 25 heavy (non-hydrogen) atoms. The molecule has 0 radical (unpaired) electrons. The minimum atomic E-state index is -0.168. The van der Waals surface area contributed by atoms with Gasteiger partial charge >= 0.3 is 0 Å². The number of amides is 2. The fraction of sp³-hybridized carbons (Fsp3) is 0.294. The highest BCUT2D eigenvalue weighted by Gasteiger charge is 2.22. The van der Waals surface area contributed by atoms with Crippen LogP contribution < -0.4 is 5.32 Å². The van der Waals surface area contributed by atoms with E-state index in [9.17, 15) is 9.59 Å². The molecule has 2 aromatic rings. The molecule has 0 unspecified atom stereocenters. The minimum absolute atomic E-state index is 0.168. The van der Waals surface area contributed by atoms with Gasteiger partial charge in [0.2, 0.25) is 6.41 Å². The lowest BCUT2D eigenvalue weighted by molar-refractivity contribution is -0.119. The van der Waals surface area contributed by atoms with Crippen molar-refractivity contribution in [3.05, 3.63) is 46.9 Å². The van der Waals surface area contributed by atoms with Gasteiger partial charge < -0.3 is 15.1 Å². The number of rotatable bonds is 4. The maximum Gasteiger partial charge on any atom is 0.272 e. The zero-order valence-corrected chi connectivity index (χ0v) is 14.5. The molecule has 2 heterocycles. The summed E-state index contributed by atoms with van der Waals surface area (Å²) in [6, 6.07) is 7.17. The van der Waals surface area contributed by atoms with E-state index in [2.05, 4.69) is 15.3 Å². The van der Waals surface area contributed by atoms with Gasteiger partial charge in [-0.15, -0.1) is 0 Å². The second-order valence-corrected chi connectivity index (χ2v) is 6.17. The van der Waals surface area contributed by atoms with Gasteiger partial charge in [-0.2, -0.15) is 0 Å². The first-order valence-electron chi connectivity index (χ1n) is 7.91. The number of carbonyl (C=O) groups excluding carboxylic acids is 2. The van der Waals surface area contributed by atoms with Crippen LogP contribution in [0.5, 0.6) is 0 Å². The van der Waals surface area contributed by atoms with Crippen LogP contribution in [-0.4, -0.2) is 58.3 Å². The number of halogens is 1. The van der Waals surface area contributed by atoms with Crippen molar-refractivity contribution in [2.24, 2.45) is 0 Å². The van der Waals surface area contributed by atoms with E-state index in [1.165, 1.54) is 6.33 Å². The molecule has 130 valence electrons. The van der Waals surface area contributed by atoms with Crippen LogP contribution in [0.4, 0.5) is 11.5 Å². The number of anilines is 2. The van der Waals surface area contributed by atoms with Crippen molar-refractivity contribution in [3.63, 3.8) is 0 Å². The Labute approximate surface area is 150 Å². The van der Waals surface area contributed by atoms with Crippen LogP contribution in [0.1, 0.15) is 16.1 Å². The Morgan fingerprint density at radius 1 is 1.24 bits per heavy atom. The van der Waals surface area contributed by atoms with E-state index in [1.54, 1.807) is 15.9 Å². The van der Waals surface area contributed by atoms with Crippen LogP contribution in [0.15, 0.2) is 30.6 Å². The number of hydrogen-bond acceptors (Lipinski definition) is 5. The van der Waals surface area contributed by atoms with E-state index in [1.807, 2.05) is 25.1 Å². The number of piperazine rings is 1. The molecule has 0 atom stereocenters. The number of benzene rings is 1. The summed E-state index contributed by atoms with van der Waals surface area (Å²) in [5, 5.41) is 3.82. The van der Waals surface area contributed by atoms with Crippen molar-refractivity contribution in [3.8, 4) is 0 Å². The number of nitrogens with zero attached hydrogens (tertiary/aromatic N) is 4. The minimum Gasteiger partial charge on any atom is -0.342 e. The van der Waals surface area contributed by atoms with E-state index in [0.717, 1.165) is 17.7 Å². The zero-order chi connectivity index (χ0) is 17.8. The third-order valence-corrected chi connectivity index (χ3v) is 4.58. The third-order valence-electron chi connectivity index (χ3n) is 4.17. The molecule has 0 saturated carbocycles. The van der Waals surface area contributed by atoms with E-state index in [4.69, 9.17) is 11.6 Å². The van der Waals surface area contributed by atoms with Crippen LogP contribution in [-0.2, 0) is 4.79 Å². The molecule has 7 nitrogen and oxygen atoms in total. The average Bonchev–Trinajstić information content (AvgIpc) is 2.65. The molecule has 3 rings (SSSR count). The van der Waals surface area contributed by atoms with E-state index in [-0.39, 0.29) is 5.91 Å². The Morgan fingerprint density at radius 2 is 2.00 bits per heavy atom. The molecule has 8 heteroatoms. The first kappa shape index (κ1) is 17.2. The highest BCUT2D eigenvalue weighted by atomic mass is 35.5. The first-order chi connectivity index (χ1) is 12.1. The van der Waals surface area contributed by atoms with Crippen LogP contribution >= 0.6 is 11.6 Å². The molecule has 1 N–H and O–H groups in total. The van der Waals surface area contributed by atoms with E-state index >= 15 is 0 Å². The summed E-state index contributed by atoms with van der Waals surface area (Å²) >= 11 is 6.12. The number of carbonyl (C=O) groups is 2. The molecule has 2 amide bonds. The quantitative estimate of drug-likeness (QED) is 0.846. The topological polar surface area (TPSA) is 78.4 Å². The second kappa shape index (κ2) is 7.48. The van der Waals surface area contributed by atoms with Crippen molar-refractivity contribution in [1.82, 2.24) is 19.8 Å². The van der Waals surface area contributed by atoms with E-state index in [0.29, 0.717) is 42.7 Å². The molecule has 1 aliphatic rings. The molecule has 1 saturated heterocycles. The largest absolute Gasteiger partial charge is 0.342 e. The Kier molecular flexibility index (Phi) is 5.14. The maximum atomic E-state index is 12.6. The lowest BCUT2D eigenvalue weighted by Gasteiger charge is -2.32. The van der Waals surface area contributed by atoms with Gasteiger partial charge in [0.1, 0.15) is 17.8 Å². The molecule has 1 aromatic heterocycles. The summed E-state index contributed by atoms with van der Waals surface area (Å²) in [7, 11) is 0. The van der Waals surface area contributed by atoms with Crippen molar-refractivity contribution in [1.29, 1.82) is 0 Å². The highest BCUT2D eigenvalue weighted by molar-refractivity contribution is 6.31. The molecule has 0 aliphatic carbocycles. The van der Waals surface area contributed by atoms with Gasteiger partial charge in [-0.1, -0.05) is 17.7 Å². The van der Waals surface area contributed by atoms with Gasteiger partial charge in [-0.3, -0.25) is 9.59 Å². The van der Waals surface area contributed by atoms with Gasteiger partial charge in [0.05, 0.1) is 0 Å². The van der Waals surface area contributed by atoms with Crippen LogP contribution in [0.25, 0.3) is 0 Å². The van der Waals surface area contributed by atoms with Gasteiger partial charge in [0.15, 0.2) is 0 Å². The zero-order valence-electron chi connectivity index (χ0n) is 13.8. The number of hydrogen-bond donors (Lipinski definition) is 1. The van der Waals surface area contributed by atoms with Gasteiger partial charge in [-0.25, -0.2) is 9.97 Å². The normalized spacial score (nSPS) is 14.3. The molecule has 0 spiro atoms. The molecule has 1 aromatic carbocycles. The summed E-state index contributed by atoms with van der Waals surface area (Å²) in [6.45, 7) is 3.97. The summed E-state index contributed by atoms with van der Waals surface area (Å²) < 4.78 is 0. The average molecular weight is 360 g/mol. The van der Waals surface area contributed by atoms with Crippen molar-refractivity contribution in [2.45, 2.75) is 6.92 Å². The standard InChI is InChI=1S/C17H18ClN5O2/c1-12-13(18)3-2-4-14(12)21-16-9-15(19-10-20-16)17(25)23-7-5-22(11-24)6-8-23/h2-4,9-11H,5-8H2,1H3,(H,19,20,21). The smallest absolute Gasteiger partial charge is 0.272 e. The Balaban J connectivity index is 1.74. The second-order valence-electron chi connectivity index (χ2n) is 5.76. The predicted octanol–water partition coefficient (Wildman–Crippen LogP) is 2.10. The van der Waals surface area contributed by atoms with Gasteiger partial charge in [0.25, 0.3) is 5.91 Å². The Hall–Kier alpha value is -2.67. The Bertz CT molecular complexity index is 790. The van der Waals surface area contributed by atoms with Gasteiger partial charge in [-0.05, 0) is 24.6 Å². The fourth-order valence-electron chi connectivity index (χ4n) is 2.62.